The van der Waals surface area contributed by atoms with Crippen molar-refractivity contribution in [3.05, 3.63) is 0 Å². The first kappa shape index (κ1) is 22.9. The van der Waals surface area contributed by atoms with Gasteiger partial charge in [0.05, 0.1) is 18.2 Å². The van der Waals surface area contributed by atoms with Crippen LogP contribution in [-0.2, 0) is 9.53 Å². The van der Waals surface area contributed by atoms with Gasteiger partial charge in [0, 0.05) is 38.8 Å². The molecule has 2 saturated heterocycles. The van der Waals surface area contributed by atoms with Gasteiger partial charge < -0.3 is 15.0 Å². The van der Waals surface area contributed by atoms with E-state index >= 15 is 0 Å². The van der Waals surface area contributed by atoms with Crippen LogP contribution in [0.1, 0.15) is 34.6 Å². The van der Waals surface area contributed by atoms with Crippen molar-refractivity contribution in [3.63, 3.8) is 0 Å². The van der Waals surface area contributed by atoms with Crippen molar-refractivity contribution < 1.29 is 9.53 Å². The van der Waals surface area contributed by atoms with Crippen molar-refractivity contribution in [1.29, 1.82) is 0 Å². The summed E-state index contributed by atoms with van der Waals surface area (Å²) in [5, 5.41) is 3.40. The van der Waals surface area contributed by atoms with Gasteiger partial charge in [-0.3, -0.25) is 9.69 Å². The molecule has 2 heterocycles. The second-order valence-electron chi connectivity index (χ2n) is 7.04. The van der Waals surface area contributed by atoms with E-state index < -0.39 is 0 Å². The Balaban J connectivity index is 0.00000242. The molecule has 0 saturated carbocycles. The molecule has 7 heteroatoms. The molecule has 2 fully saturated rings. The third kappa shape index (κ3) is 6.05. The molecule has 5 nitrogen and oxygen atoms in total. The van der Waals surface area contributed by atoms with Crippen LogP contribution in [0.15, 0.2) is 0 Å². The lowest BCUT2D eigenvalue weighted by Crippen LogP contribution is -2.60. The zero-order valence-electron chi connectivity index (χ0n) is 14.9. The Morgan fingerprint density at radius 2 is 1.65 bits per heavy atom. The largest absolute Gasteiger partial charge is 0.373 e. The van der Waals surface area contributed by atoms with Gasteiger partial charge in [-0.25, -0.2) is 0 Å². The highest BCUT2D eigenvalue weighted by molar-refractivity contribution is 5.85. The van der Waals surface area contributed by atoms with Gasteiger partial charge in [0.25, 0.3) is 0 Å². The first-order valence-corrected chi connectivity index (χ1v) is 8.30. The topological polar surface area (TPSA) is 44.8 Å². The minimum absolute atomic E-state index is 0. The van der Waals surface area contributed by atoms with E-state index in [1.165, 1.54) is 0 Å². The highest BCUT2D eigenvalue weighted by Crippen LogP contribution is 2.20. The van der Waals surface area contributed by atoms with E-state index in [0.29, 0.717) is 17.9 Å². The molecule has 2 rings (SSSR count). The van der Waals surface area contributed by atoms with Crippen LogP contribution in [0, 0.1) is 5.92 Å². The molecule has 1 N–H and O–H groups in total. The molecule has 0 aromatic rings. The summed E-state index contributed by atoms with van der Waals surface area (Å²) < 4.78 is 5.81. The second kappa shape index (κ2) is 10.0. The molecule has 0 aromatic carbocycles. The Bertz CT molecular complexity index is 361. The smallest absolute Gasteiger partial charge is 0.240 e. The Morgan fingerprint density at radius 3 is 2.13 bits per heavy atom. The second-order valence-corrected chi connectivity index (χ2v) is 7.04. The van der Waals surface area contributed by atoms with Crippen LogP contribution in [0.5, 0.6) is 0 Å². The quantitative estimate of drug-likeness (QED) is 0.823. The fraction of sp³-hybridized carbons (Fsp3) is 0.938. The van der Waals surface area contributed by atoms with E-state index in [1.54, 1.807) is 0 Å². The molecule has 4 unspecified atom stereocenters. The number of piperazine rings is 1. The third-order valence-electron chi connectivity index (χ3n) is 4.41. The summed E-state index contributed by atoms with van der Waals surface area (Å²) in [6.45, 7) is 14.9. The van der Waals surface area contributed by atoms with Crippen LogP contribution in [0.2, 0.25) is 0 Å². The zero-order valence-corrected chi connectivity index (χ0v) is 16.6. The molecule has 1 amide bonds. The lowest BCUT2D eigenvalue weighted by Gasteiger charge is -2.43. The number of amides is 1. The van der Waals surface area contributed by atoms with Crippen molar-refractivity contribution in [3.8, 4) is 0 Å². The van der Waals surface area contributed by atoms with Gasteiger partial charge in [-0.2, -0.15) is 0 Å². The number of nitrogens with one attached hydrogen (secondary N) is 1. The van der Waals surface area contributed by atoms with E-state index in [2.05, 4.69) is 44.8 Å². The number of nitrogens with zero attached hydrogens (tertiary/aromatic N) is 2. The minimum atomic E-state index is -0.0240. The van der Waals surface area contributed by atoms with Crippen LogP contribution < -0.4 is 5.32 Å². The first-order chi connectivity index (χ1) is 9.88. The number of carbonyl (C=O) groups excluding carboxylic acids is 1. The minimum Gasteiger partial charge on any atom is -0.373 e. The molecular formula is C16H33Cl2N3O2. The van der Waals surface area contributed by atoms with Gasteiger partial charge in [0.1, 0.15) is 0 Å². The van der Waals surface area contributed by atoms with Crippen molar-refractivity contribution in [2.75, 3.05) is 32.7 Å². The SMILES string of the molecule is CC1CN(C(=O)C(C(C)C)N2CC(C)OC(C)C2)CCN1.Cl.Cl. The van der Waals surface area contributed by atoms with Crippen LogP contribution >= 0.6 is 24.8 Å². The molecule has 0 aromatic heterocycles. The molecule has 0 spiro atoms. The maximum atomic E-state index is 13.0. The first-order valence-electron chi connectivity index (χ1n) is 8.30. The van der Waals surface area contributed by atoms with Gasteiger partial charge in [-0.05, 0) is 26.7 Å². The van der Waals surface area contributed by atoms with Crippen molar-refractivity contribution >= 4 is 30.7 Å². The normalized spacial score (nSPS) is 30.3. The summed E-state index contributed by atoms with van der Waals surface area (Å²) in [5.41, 5.74) is 0. The van der Waals surface area contributed by atoms with Gasteiger partial charge in [0.2, 0.25) is 5.91 Å². The van der Waals surface area contributed by atoms with E-state index in [9.17, 15) is 4.79 Å². The lowest BCUT2D eigenvalue weighted by molar-refractivity contribution is -0.146. The van der Waals surface area contributed by atoms with Crippen LogP contribution in [0.4, 0.5) is 0 Å². The molecule has 0 bridgehead atoms. The van der Waals surface area contributed by atoms with Crippen molar-refractivity contribution in [2.45, 2.75) is 58.9 Å². The van der Waals surface area contributed by atoms with Crippen LogP contribution in [0.3, 0.4) is 0 Å². The number of hydrogen-bond donors (Lipinski definition) is 1. The Kier molecular flexibility index (Phi) is 10.0. The third-order valence-corrected chi connectivity index (χ3v) is 4.41. The molecule has 2 aliphatic heterocycles. The van der Waals surface area contributed by atoms with Gasteiger partial charge in [0.15, 0.2) is 0 Å². The number of morpholine rings is 1. The van der Waals surface area contributed by atoms with E-state index in [1.807, 2.05) is 4.90 Å². The van der Waals surface area contributed by atoms with E-state index in [4.69, 9.17) is 4.74 Å². The summed E-state index contributed by atoms with van der Waals surface area (Å²) in [6, 6.07) is 0.363. The molecule has 138 valence electrons. The van der Waals surface area contributed by atoms with Crippen molar-refractivity contribution in [2.24, 2.45) is 5.92 Å². The van der Waals surface area contributed by atoms with Gasteiger partial charge in [-0.1, -0.05) is 13.8 Å². The number of rotatable bonds is 3. The number of ether oxygens (including phenoxy) is 1. The number of carbonyl (C=O) groups is 1. The summed E-state index contributed by atoms with van der Waals surface area (Å²) in [5.74, 6) is 0.611. The standard InChI is InChI=1S/C16H31N3O2.2ClH/c1-11(2)15(19-9-13(4)21-14(5)10-19)16(20)18-7-6-17-12(3)8-18;;/h11-15,17H,6-10H2,1-5H3;2*1H. The highest BCUT2D eigenvalue weighted by Gasteiger charge is 2.37. The summed E-state index contributed by atoms with van der Waals surface area (Å²) in [7, 11) is 0. The average molecular weight is 370 g/mol. The zero-order chi connectivity index (χ0) is 15.6. The van der Waals surface area contributed by atoms with Crippen molar-refractivity contribution in [1.82, 2.24) is 15.1 Å². The van der Waals surface area contributed by atoms with E-state index in [-0.39, 0.29) is 43.1 Å². The van der Waals surface area contributed by atoms with Crippen LogP contribution in [-0.4, -0.2) is 72.7 Å². The van der Waals surface area contributed by atoms with Gasteiger partial charge >= 0.3 is 0 Å². The Labute approximate surface area is 153 Å². The van der Waals surface area contributed by atoms with Crippen LogP contribution in [0.25, 0.3) is 0 Å². The summed E-state index contributed by atoms with van der Waals surface area (Å²) in [6.07, 6.45) is 0.398. The summed E-state index contributed by atoms with van der Waals surface area (Å²) in [4.78, 5) is 17.4. The predicted molar refractivity (Wildman–Crippen MR) is 98.7 cm³/mol. The maximum absolute atomic E-state index is 13.0. The average Bonchev–Trinajstić information content (AvgIpc) is 2.37. The Morgan fingerprint density at radius 1 is 1.09 bits per heavy atom. The molecule has 0 radical (unpaired) electrons. The Hall–Kier alpha value is -0.0700. The predicted octanol–water partition coefficient (Wildman–Crippen LogP) is 1.78. The van der Waals surface area contributed by atoms with Gasteiger partial charge in [-0.15, -0.1) is 24.8 Å². The molecule has 2 aliphatic rings. The number of hydrogen-bond acceptors (Lipinski definition) is 4. The maximum Gasteiger partial charge on any atom is 0.240 e. The lowest BCUT2D eigenvalue weighted by atomic mass is 9.98. The fourth-order valence-electron chi connectivity index (χ4n) is 3.63. The molecule has 0 aliphatic carbocycles. The summed E-state index contributed by atoms with van der Waals surface area (Å²) >= 11 is 0. The highest BCUT2D eigenvalue weighted by atomic mass is 35.5. The van der Waals surface area contributed by atoms with E-state index in [0.717, 1.165) is 32.7 Å². The monoisotopic (exact) mass is 369 g/mol. The molecule has 23 heavy (non-hydrogen) atoms. The fourth-order valence-corrected chi connectivity index (χ4v) is 3.63. The molecule has 4 atom stereocenters. The molecular weight excluding hydrogens is 337 g/mol. The number of halogens is 2.